The van der Waals surface area contributed by atoms with Crippen LogP contribution in [0.5, 0.6) is 0 Å². The van der Waals surface area contributed by atoms with Crippen LogP contribution in [0.3, 0.4) is 0 Å². The number of alkyl halides is 3. The van der Waals surface area contributed by atoms with Crippen molar-refractivity contribution in [2.45, 2.75) is 122 Å². The van der Waals surface area contributed by atoms with Gasteiger partial charge in [-0.25, -0.2) is 14.0 Å². The van der Waals surface area contributed by atoms with Gasteiger partial charge in [0.1, 0.15) is 34.8 Å². The lowest BCUT2D eigenvalue weighted by molar-refractivity contribution is -0.314. The van der Waals surface area contributed by atoms with Crippen LogP contribution in [-0.2, 0) is 30.0 Å². The molecular weight excluding hydrogens is 660 g/mol. The van der Waals surface area contributed by atoms with Crippen molar-refractivity contribution >= 4 is 23.8 Å². The number of hydrogen-bond donors (Lipinski definition) is 3. The zero-order chi connectivity index (χ0) is 37.2. The van der Waals surface area contributed by atoms with Gasteiger partial charge in [0.15, 0.2) is 5.78 Å². The summed E-state index contributed by atoms with van der Waals surface area (Å²) in [5.41, 5.74) is -8.24. The predicted octanol–water partition coefficient (Wildman–Crippen LogP) is 6.41. The van der Waals surface area contributed by atoms with Gasteiger partial charge in [-0.1, -0.05) is 44.1 Å². The summed E-state index contributed by atoms with van der Waals surface area (Å²) in [6.45, 7) is 10.3. The molecule has 1 aromatic carbocycles. The molecule has 5 rings (SSSR count). The number of ketones is 1. The van der Waals surface area contributed by atoms with Gasteiger partial charge in [-0.3, -0.25) is 4.79 Å². The fraction of sp³-hybridized carbons (Fsp3) is 0.605. The largest absolute Gasteiger partial charge is 0.459 e. The molecule has 0 bridgehead atoms. The Balaban J connectivity index is 1.41. The van der Waals surface area contributed by atoms with E-state index in [4.69, 9.17) is 9.47 Å². The molecule has 0 heterocycles. The molecule has 0 aromatic heterocycles. The number of carbonyl (C=O) groups excluding carboxylic acids is 3. The van der Waals surface area contributed by atoms with Gasteiger partial charge in [-0.05, 0) is 94.4 Å². The third kappa shape index (κ3) is 5.84. The zero-order valence-corrected chi connectivity index (χ0v) is 29.2. The normalized spacial score (nSPS) is 37.1. The smallest absolute Gasteiger partial charge is 0.419 e. The second-order valence-electron chi connectivity index (χ2n) is 15.4. The maximum absolute atomic E-state index is 13.7. The van der Waals surface area contributed by atoms with Crippen molar-refractivity contribution in [2.75, 3.05) is 0 Å². The van der Waals surface area contributed by atoms with Crippen molar-refractivity contribution in [1.82, 2.24) is 0 Å². The molecule has 12 heteroatoms. The van der Waals surface area contributed by atoms with Gasteiger partial charge < -0.3 is 24.8 Å². The minimum absolute atomic E-state index is 0.0254. The first kappa shape index (κ1) is 37.9. The highest BCUT2D eigenvalue weighted by Gasteiger charge is 2.81. The van der Waals surface area contributed by atoms with E-state index in [1.165, 1.54) is 19.9 Å². The van der Waals surface area contributed by atoms with E-state index in [9.17, 15) is 47.3 Å². The van der Waals surface area contributed by atoms with Gasteiger partial charge in [0.05, 0.1) is 11.0 Å². The predicted molar refractivity (Wildman–Crippen MR) is 174 cm³/mol. The Kier molecular flexibility index (Phi) is 9.63. The first-order valence-electron chi connectivity index (χ1n) is 17.1. The monoisotopic (exact) mass is 706 g/mol. The molecule has 1 unspecified atom stereocenters. The van der Waals surface area contributed by atoms with Crippen LogP contribution in [-0.4, -0.2) is 62.1 Å². The van der Waals surface area contributed by atoms with Gasteiger partial charge in [-0.15, -0.1) is 0 Å². The molecule has 1 aromatic rings. The Morgan fingerprint density at radius 1 is 1.00 bits per heavy atom. The molecule has 0 radical (unpaired) electrons. The fourth-order valence-corrected chi connectivity index (χ4v) is 9.22. The van der Waals surface area contributed by atoms with Gasteiger partial charge in [0.25, 0.3) is 0 Å². The average Bonchev–Trinajstić information content (AvgIpc) is 3.25. The Bertz CT molecular complexity index is 1660. The topological polar surface area (TPSA) is 130 Å². The molecule has 0 saturated heterocycles. The minimum Gasteiger partial charge on any atom is -0.459 e. The first-order valence-corrected chi connectivity index (χ1v) is 17.1. The van der Waals surface area contributed by atoms with Gasteiger partial charge in [0, 0.05) is 24.5 Å². The lowest BCUT2D eigenvalue weighted by atomic mass is 9.42. The highest BCUT2D eigenvalue weighted by atomic mass is 19.4. The maximum atomic E-state index is 13.7. The summed E-state index contributed by atoms with van der Waals surface area (Å²) >= 11 is 0. The SMILES string of the molecule is CC(=O)[C@]1(O)CC[C@@]2(O)[C@]1(C)[C@H](OC(=O)/C=C(\C)C(C)C)CC1[C@@]3(C)CC[C@H](OC(=O)/C=C/c4ccc(F)c(C(F)(F)F)c4)CC3=CC[C@]12O. The summed E-state index contributed by atoms with van der Waals surface area (Å²) in [6, 6.07) is 2.40. The molecule has 3 fully saturated rings. The van der Waals surface area contributed by atoms with Crippen LogP contribution in [0.15, 0.2) is 47.6 Å². The number of Topliss-reactive ketones (excluding diaryl/α,β-unsaturated/α-hetero) is 1. The second-order valence-corrected chi connectivity index (χ2v) is 15.4. The molecule has 3 N–H and O–H groups in total. The van der Waals surface area contributed by atoms with E-state index in [1.54, 1.807) is 6.92 Å². The van der Waals surface area contributed by atoms with E-state index in [0.29, 0.717) is 25.0 Å². The number of rotatable bonds is 7. The second kappa shape index (κ2) is 12.7. The summed E-state index contributed by atoms with van der Waals surface area (Å²) in [6.07, 6.45) is -0.537. The molecule has 4 aliphatic carbocycles. The Morgan fingerprint density at radius 2 is 1.68 bits per heavy atom. The van der Waals surface area contributed by atoms with Crippen LogP contribution in [0.25, 0.3) is 6.08 Å². The van der Waals surface area contributed by atoms with Gasteiger partial charge in [-0.2, -0.15) is 13.2 Å². The summed E-state index contributed by atoms with van der Waals surface area (Å²) in [5, 5.41) is 37.1. The fourth-order valence-electron chi connectivity index (χ4n) is 9.22. The molecular formula is C38H46F4O8. The standard InChI is InChI=1S/C38H46F4O8/c1-21(2)22(3)17-32(45)50-30-20-29-33(5)13-12-26(49-31(44)10-8-24-7-9-28(39)27(18-24)38(40,41)42)19-25(33)11-14-36(29,47)37(48)16-15-35(46,23(4)43)34(30,37)6/h7-11,17-18,21,26,29-30,46-48H,12-16,19-20H2,1-6H3/b10-8+,22-17+/t26-,29?,30+,33-,34+,35+,36-,37+/m0/s1. The first-order chi connectivity index (χ1) is 23.0. The zero-order valence-electron chi connectivity index (χ0n) is 29.2. The summed E-state index contributed by atoms with van der Waals surface area (Å²) < 4.78 is 64.7. The van der Waals surface area contributed by atoms with Crippen LogP contribution in [0.4, 0.5) is 17.6 Å². The highest BCUT2D eigenvalue weighted by molar-refractivity contribution is 5.88. The van der Waals surface area contributed by atoms with Crippen molar-refractivity contribution in [3.05, 3.63) is 64.5 Å². The lowest BCUT2D eigenvalue weighted by Crippen LogP contribution is -2.78. The van der Waals surface area contributed by atoms with Crippen molar-refractivity contribution in [3.8, 4) is 0 Å². The molecule has 50 heavy (non-hydrogen) atoms. The molecule has 0 spiro atoms. The lowest BCUT2D eigenvalue weighted by Gasteiger charge is -2.67. The van der Waals surface area contributed by atoms with Crippen LogP contribution >= 0.6 is 0 Å². The third-order valence-corrected chi connectivity index (χ3v) is 12.6. The number of carbonyl (C=O) groups is 3. The third-order valence-electron chi connectivity index (χ3n) is 12.6. The molecule has 8 atom stereocenters. The number of fused-ring (bicyclic) bond motifs is 5. The molecule has 8 nitrogen and oxygen atoms in total. The Labute approximate surface area is 289 Å². The van der Waals surface area contributed by atoms with Crippen LogP contribution in [0.2, 0.25) is 0 Å². The quantitative estimate of drug-likeness (QED) is 0.129. The molecule has 274 valence electrons. The molecule has 0 aliphatic heterocycles. The number of allylic oxidation sites excluding steroid dienone is 1. The van der Waals surface area contributed by atoms with Gasteiger partial charge in [0.2, 0.25) is 0 Å². The summed E-state index contributed by atoms with van der Waals surface area (Å²) in [5.74, 6) is -4.10. The molecule has 3 saturated carbocycles. The van der Waals surface area contributed by atoms with E-state index in [-0.39, 0.29) is 43.6 Å². The highest BCUT2D eigenvalue weighted by Crippen LogP contribution is 2.71. The number of hydrogen-bond acceptors (Lipinski definition) is 8. The Morgan fingerprint density at radius 3 is 2.30 bits per heavy atom. The summed E-state index contributed by atoms with van der Waals surface area (Å²) in [4.78, 5) is 39.0. The summed E-state index contributed by atoms with van der Waals surface area (Å²) in [7, 11) is 0. The number of halogens is 4. The number of aliphatic hydroxyl groups is 3. The van der Waals surface area contributed by atoms with E-state index < -0.39 is 81.0 Å². The van der Waals surface area contributed by atoms with Crippen LogP contribution in [0, 0.1) is 28.5 Å². The van der Waals surface area contributed by atoms with Crippen molar-refractivity contribution in [2.24, 2.45) is 22.7 Å². The maximum Gasteiger partial charge on any atom is 0.419 e. The van der Waals surface area contributed by atoms with E-state index in [1.807, 2.05) is 26.8 Å². The number of benzene rings is 1. The van der Waals surface area contributed by atoms with E-state index in [2.05, 4.69) is 0 Å². The number of esters is 2. The van der Waals surface area contributed by atoms with E-state index >= 15 is 0 Å². The van der Waals surface area contributed by atoms with Gasteiger partial charge >= 0.3 is 18.1 Å². The molecule has 4 aliphatic rings. The van der Waals surface area contributed by atoms with Crippen molar-refractivity contribution in [3.63, 3.8) is 0 Å². The van der Waals surface area contributed by atoms with Crippen molar-refractivity contribution in [1.29, 1.82) is 0 Å². The van der Waals surface area contributed by atoms with E-state index in [0.717, 1.165) is 29.4 Å². The number of ether oxygens (including phenoxy) is 2. The minimum atomic E-state index is -4.90. The Hall–Kier alpha value is -3.35. The molecule has 0 amide bonds. The van der Waals surface area contributed by atoms with Crippen LogP contribution < -0.4 is 0 Å². The average molecular weight is 707 g/mol. The van der Waals surface area contributed by atoms with Crippen molar-refractivity contribution < 1.29 is 56.7 Å². The van der Waals surface area contributed by atoms with Crippen LogP contribution in [0.1, 0.15) is 97.6 Å².